The molecule has 0 bridgehead atoms. The third-order valence-electron chi connectivity index (χ3n) is 3.54. The number of benzene rings is 1. The molecule has 0 aliphatic heterocycles. The Morgan fingerprint density at radius 1 is 1.17 bits per heavy atom. The highest BCUT2D eigenvalue weighted by Crippen LogP contribution is 2.25. The molecule has 0 spiro atoms. The van der Waals surface area contributed by atoms with Crippen LogP contribution in [0.25, 0.3) is 0 Å². The van der Waals surface area contributed by atoms with Crippen LogP contribution < -0.4 is 9.84 Å². The van der Waals surface area contributed by atoms with Crippen molar-refractivity contribution in [3.05, 3.63) is 29.8 Å². The fourth-order valence-corrected chi connectivity index (χ4v) is 1.38. The zero-order valence-corrected chi connectivity index (χ0v) is 13.4. The zero-order valence-electron chi connectivity index (χ0n) is 13.4. The Morgan fingerprint density at radius 2 is 1.70 bits per heavy atom. The van der Waals surface area contributed by atoms with Crippen LogP contribution in [0, 0.1) is 5.92 Å². The highest BCUT2D eigenvalue weighted by molar-refractivity contribution is 5.89. The molecule has 0 atom stereocenters. The third-order valence-corrected chi connectivity index (χ3v) is 3.54. The number of ether oxygens (including phenoxy) is 2. The Kier molecular flexibility index (Phi) is 5.69. The maximum Gasteiger partial charge on any atom is 0.338 e. The van der Waals surface area contributed by atoms with Crippen molar-refractivity contribution >= 4 is 11.9 Å². The number of hydrogen-bond donors (Lipinski definition) is 0. The highest BCUT2D eigenvalue weighted by Gasteiger charge is 2.33. The van der Waals surface area contributed by atoms with Gasteiger partial charge in [0.25, 0.3) is 0 Å². The van der Waals surface area contributed by atoms with E-state index in [4.69, 9.17) is 4.74 Å². The molecule has 0 radical (unpaired) electrons. The molecule has 0 unspecified atom stereocenters. The summed E-state index contributed by atoms with van der Waals surface area (Å²) >= 11 is 0. The molecule has 0 saturated heterocycles. The zero-order chi connectivity index (χ0) is 17.8. The predicted molar refractivity (Wildman–Crippen MR) is 76.2 cm³/mol. The van der Waals surface area contributed by atoms with Crippen molar-refractivity contribution in [2.45, 2.75) is 39.2 Å². The summed E-state index contributed by atoms with van der Waals surface area (Å²) in [5.41, 5.74) is -0.410. The first-order valence-electron chi connectivity index (χ1n) is 7.01. The van der Waals surface area contributed by atoms with Crippen LogP contribution in [0.3, 0.4) is 0 Å². The summed E-state index contributed by atoms with van der Waals surface area (Å²) in [6.45, 7) is 6.27. The number of esters is 1. The average molecular weight is 329 g/mol. The number of carbonyl (C=O) groups is 2. The topological polar surface area (TPSA) is 75.7 Å². The van der Waals surface area contributed by atoms with Crippen molar-refractivity contribution < 1.29 is 33.0 Å². The summed E-state index contributed by atoms with van der Waals surface area (Å²) < 4.78 is 35.6. The molecule has 0 aliphatic carbocycles. The lowest BCUT2D eigenvalue weighted by molar-refractivity contribution is -0.331. The monoisotopic (exact) mass is 329 g/mol. The Hall–Kier alpha value is -2.18. The summed E-state index contributed by atoms with van der Waals surface area (Å²) in [7, 11) is 0. The molecule has 0 amide bonds. The third kappa shape index (κ3) is 5.19. The summed E-state index contributed by atoms with van der Waals surface area (Å²) in [5, 5.41) is 10.1. The van der Waals surface area contributed by atoms with Crippen LogP contribution in [0.15, 0.2) is 24.3 Å². The molecule has 7 heteroatoms. The summed E-state index contributed by atoms with van der Waals surface area (Å²) in [6, 6.07) is 5.73. The van der Waals surface area contributed by atoms with Crippen molar-refractivity contribution in [3.8, 4) is 5.75 Å². The van der Waals surface area contributed by atoms with Gasteiger partial charge in [0, 0.05) is 0 Å². The largest absolute Gasteiger partial charge is 0.544 e. The summed E-state index contributed by atoms with van der Waals surface area (Å²) in [4.78, 5) is 21.7. The van der Waals surface area contributed by atoms with Gasteiger partial charge in [-0.25, -0.2) is 4.79 Å². The number of halogens is 2. The molecule has 5 nitrogen and oxygen atoms in total. The van der Waals surface area contributed by atoms with Gasteiger partial charge in [-0.05, 0) is 44.0 Å². The van der Waals surface area contributed by atoms with Gasteiger partial charge in [-0.15, -0.1) is 0 Å². The Labute approximate surface area is 133 Å². The molecule has 0 aromatic heterocycles. The van der Waals surface area contributed by atoms with Crippen LogP contribution in [0.4, 0.5) is 8.78 Å². The number of carboxylic acids is 1. The predicted octanol–water partition coefficient (Wildman–Crippen LogP) is 2.04. The molecule has 0 heterocycles. The second-order valence-electron chi connectivity index (χ2n) is 5.95. The lowest BCUT2D eigenvalue weighted by Crippen LogP contribution is -2.45. The van der Waals surface area contributed by atoms with Gasteiger partial charge in [-0.1, -0.05) is 13.8 Å². The molecule has 23 heavy (non-hydrogen) atoms. The fraction of sp³-hybridized carbons (Fsp3) is 0.500. The van der Waals surface area contributed by atoms with Crippen LogP contribution in [0.2, 0.25) is 0 Å². The number of carbonyl (C=O) groups excluding carboxylic acids is 2. The van der Waals surface area contributed by atoms with Gasteiger partial charge >= 0.3 is 11.9 Å². The van der Waals surface area contributed by atoms with Crippen LogP contribution in [0.5, 0.6) is 5.75 Å². The Balaban J connectivity index is 2.70. The van der Waals surface area contributed by atoms with Gasteiger partial charge in [0.05, 0.1) is 5.56 Å². The minimum Gasteiger partial charge on any atom is -0.544 e. The molecule has 0 fully saturated rings. The lowest BCUT2D eigenvalue weighted by Gasteiger charge is -2.30. The lowest BCUT2D eigenvalue weighted by atomic mass is 9.94. The van der Waals surface area contributed by atoms with Crippen LogP contribution in [0.1, 0.15) is 38.1 Å². The van der Waals surface area contributed by atoms with E-state index in [1.807, 2.05) is 27.7 Å². The molecule has 0 aliphatic rings. The van der Waals surface area contributed by atoms with E-state index in [2.05, 4.69) is 4.74 Å². The minimum absolute atomic E-state index is 0.00820. The molecule has 0 saturated carbocycles. The van der Waals surface area contributed by atoms with E-state index in [0.717, 1.165) is 0 Å². The Morgan fingerprint density at radius 3 is 2.13 bits per heavy atom. The summed E-state index contributed by atoms with van der Waals surface area (Å²) in [6.07, 6.45) is 0. The van der Waals surface area contributed by atoms with Gasteiger partial charge in [-0.3, -0.25) is 0 Å². The van der Waals surface area contributed by atoms with Crippen LogP contribution in [-0.4, -0.2) is 30.1 Å². The molecule has 128 valence electrons. The van der Waals surface area contributed by atoms with E-state index in [-0.39, 0.29) is 11.5 Å². The minimum atomic E-state index is -4.22. The first-order chi connectivity index (χ1) is 10.5. The number of alkyl halides is 2. The number of aliphatic carboxylic acids is 1. The highest BCUT2D eigenvalue weighted by atomic mass is 19.3. The molecular weight excluding hydrogens is 310 g/mol. The number of hydrogen-bond acceptors (Lipinski definition) is 5. The van der Waals surface area contributed by atoms with E-state index in [9.17, 15) is 23.5 Å². The molecule has 1 rings (SSSR count). The quantitative estimate of drug-likeness (QED) is 0.716. The molecule has 0 N–H and O–H groups in total. The van der Waals surface area contributed by atoms with Crippen molar-refractivity contribution in [3.63, 3.8) is 0 Å². The van der Waals surface area contributed by atoms with E-state index < -0.39 is 30.1 Å². The number of carboxylic acid groups (broad SMARTS) is 1. The summed E-state index contributed by atoms with van der Waals surface area (Å²) in [5.74, 6) is -7.11. The van der Waals surface area contributed by atoms with Gasteiger partial charge in [-0.2, -0.15) is 8.78 Å². The maximum absolute atomic E-state index is 12.8. The Bertz CT molecular complexity index is 564. The molecule has 1 aromatic carbocycles. The normalized spacial score (nSPS) is 12.1. The van der Waals surface area contributed by atoms with Gasteiger partial charge in [0.1, 0.15) is 17.3 Å². The van der Waals surface area contributed by atoms with E-state index in [1.54, 1.807) is 0 Å². The van der Waals surface area contributed by atoms with Crippen molar-refractivity contribution in [1.29, 1.82) is 0 Å². The molecular formula is C16H19F2O5-. The first kappa shape index (κ1) is 18.9. The fourth-order valence-electron chi connectivity index (χ4n) is 1.38. The van der Waals surface area contributed by atoms with E-state index in [1.165, 1.54) is 24.3 Å². The smallest absolute Gasteiger partial charge is 0.338 e. The average Bonchev–Trinajstić information content (AvgIpc) is 2.45. The van der Waals surface area contributed by atoms with Gasteiger partial charge in [0.2, 0.25) is 0 Å². The SMILES string of the molecule is CC(C)C(C)(C)Oc1ccc(C(=O)OCC(F)(F)C(=O)[O-])cc1. The van der Waals surface area contributed by atoms with Crippen molar-refractivity contribution in [2.75, 3.05) is 6.61 Å². The van der Waals surface area contributed by atoms with Gasteiger partial charge < -0.3 is 19.4 Å². The first-order valence-corrected chi connectivity index (χ1v) is 7.01. The molecule has 1 aromatic rings. The maximum atomic E-state index is 12.8. The van der Waals surface area contributed by atoms with Gasteiger partial charge in [0.15, 0.2) is 6.61 Å². The number of rotatable bonds is 7. The van der Waals surface area contributed by atoms with E-state index in [0.29, 0.717) is 5.75 Å². The van der Waals surface area contributed by atoms with Crippen LogP contribution in [-0.2, 0) is 9.53 Å². The van der Waals surface area contributed by atoms with Crippen molar-refractivity contribution in [2.24, 2.45) is 5.92 Å². The second-order valence-corrected chi connectivity index (χ2v) is 5.95. The standard InChI is InChI=1S/C16H20F2O5/c1-10(2)15(3,4)23-12-7-5-11(6-8-12)13(19)22-9-16(17,18)14(20)21/h5-8,10H,9H2,1-4H3,(H,20,21)/p-1. The van der Waals surface area contributed by atoms with Crippen molar-refractivity contribution in [1.82, 2.24) is 0 Å². The second kappa shape index (κ2) is 6.93. The van der Waals surface area contributed by atoms with Crippen LogP contribution >= 0.6 is 0 Å². The van der Waals surface area contributed by atoms with E-state index >= 15 is 0 Å².